The van der Waals surface area contributed by atoms with Crippen molar-refractivity contribution >= 4 is 23.4 Å². The molecule has 1 fully saturated rings. The molecule has 1 saturated carbocycles. The molecule has 2 N–H and O–H groups in total. The average Bonchev–Trinajstić information content (AvgIpc) is 3.58. The second-order valence-electron chi connectivity index (χ2n) is 8.62. The summed E-state index contributed by atoms with van der Waals surface area (Å²) in [4.78, 5) is 40.5. The van der Waals surface area contributed by atoms with Crippen LogP contribution >= 0.6 is 0 Å². The van der Waals surface area contributed by atoms with Gasteiger partial charge in [-0.25, -0.2) is 4.39 Å². The predicted molar refractivity (Wildman–Crippen MR) is 126 cm³/mol. The number of hydrogen-bond donors (Lipinski definition) is 2. The van der Waals surface area contributed by atoms with Crippen LogP contribution in [0.3, 0.4) is 0 Å². The molecular weight excluding hydrogens is 453 g/mol. The molecule has 0 radical (unpaired) electrons. The van der Waals surface area contributed by atoms with Crippen molar-refractivity contribution < 1.29 is 27.6 Å². The molecule has 1 unspecified atom stereocenters. The van der Waals surface area contributed by atoms with E-state index in [1.54, 1.807) is 31.2 Å². The normalized spacial score (nSPS) is 14.8. The topological polar surface area (TPSA) is 105 Å². The van der Waals surface area contributed by atoms with E-state index in [1.165, 1.54) is 35.6 Å². The van der Waals surface area contributed by atoms with Gasteiger partial charge in [0.05, 0.1) is 19.1 Å². The van der Waals surface area contributed by atoms with E-state index in [0.29, 0.717) is 5.56 Å². The first kappa shape index (κ1) is 24.3. The van der Waals surface area contributed by atoms with Crippen LogP contribution in [0.15, 0.2) is 63.8 Å². The summed E-state index contributed by atoms with van der Waals surface area (Å²) >= 11 is 0. The SMILES string of the molecule is Cc1ccc(N(C(=O)CNC(=O)c2ccco2)C(C(=O)NC2CCCCC2)c2ccco2)cc1F. The molecule has 1 aliphatic carbocycles. The lowest BCUT2D eigenvalue weighted by atomic mass is 9.95. The lowest BCUT2D eigenvalue weighted by Crippen LogP contribution is -2.49. The highest BCUT2D eigenvalue weighted by Gasteiger charge is 2.36. The molecule has 35 heavy (non-hydrogen) atoms. The Kier molecular flexibility index (Phi) is 7.64. The van der Waals surface area contributed by atoms with Gasteiger partial charge >= 0.3 is 0 Å². The molecule has 1 atom stereocenters. The minimum atomic E-state index is -1.19. The molecule has 3 amide bonds. The van der Waals surface area contributed by atoms with Crippen molar-refractivity contribution in [1.82, 2.24) is 10.6 Å². The number of benzene rings is 1. The van der Waals surface area contributed by atoms with Crippen molar-refractivity contribution in [2.75, 3.05) is 11.4 Å². The Hall–Kier alpha value is -3.88. The Morgan fingerprint density at radius 2 is 1.80 bits per heavy atom. The molecular formula is C26H28FN3O5. The minimum Gasteiger partial charge on any atom is -0.467 e. The summed E-state index contributed by atoms with van der Waals surface area (Å²) in [7, 11) is 0. The van der Waals surface area contributed by atoms with Gasteiger partial charge in [-0.2, -0.15) is 0 Å². The molecule has 0 aliphatic heterocycles. The largest absolute Gasteiger partial charge is 0.467 e. The fraction of sp³-hybridized carbons (Fsp3) is 0.346. The first-order chi connectivity index (χ1) is 16.9. The van der Waals surface area contributed by atoms with Gasteiger partial charge in [-0.15, -0.1) is 0 Å². The minimum absolute atomic E-state index is 0.0147. The molecule has 0 spiro atoms. The van der Waals surface area contributed by atoms with Gasteiger partial charge in [-0.3, -0.25) is 19.3 Å². The van der Waals surface area contributed by atoms with E-state index in [4.69, 9.17) is 8.83 Å². The molecule has 4 rings (SSSR count). The molecule has 8 nitrogen and oxygen atoms in total. The van der Waals surface area contributed by atoms with Crippen LogP contribution in [0.1, 0.15) is 60.0 Å². The van der Waals surface area contributed by atoms with Crippen molar-refractivity contribution in [3.8, 4) is 0 Å². The Balaban J connectivity index is 1.65. The molecule has 184 valence electrons. The lowest BCUT2D eigenvalue weighted by molar-refractivity contribution is -0.127. The van der Waals surface area contributed by atoms with Gasteiger partial charge in [0, 0.05) is 11.7 Å². The van der Waals surface area contributed by atoms with Crippen molar-refractivity contribution in [3.63, 3.8) is 0 Å². The Morgan fingerprint density at radius 3 is 2.46 bits per heavy atom. The number of nitrogens with one attached hydrogen (secondary N) is 2. The van der Waals surface area contributed by atoms with Crippen LogP contribution < -0.4 is 15.5 Å². The molecule has 9 heteroatoms. The average molecular weight is 482 g/mol. The van der Waals surface area contributed by atoms with Crippen LogP contribution in [-0.2, 0) is 9.59 Å². The first-order valence-corrected chi connectivity index (χ1v) is 11.7. The van der Waals surface area contributed by atoms with Crippen molar-refractivity contribution in [2.24, 2.45) is 0 Å². The number of amides is 3. The third-order valence-electron chi connectivity index (χ3n) is 6.12. The van der Waals surface area contributed by atoms with Crippen LogP contribution in [0, 0.1) is 12.7 Å². The Bertz CT molecular complexity index is 1150. The summed E-state index contributed by atoms with van der Waals surface area (Å²) in [6.45, 7) is 1.16. The number of aryl methyl sites for hydroxylation is 1. The van der Waals surface area contributed by atoms with E-state index in [1.807, 2.05) is 0 Å². The number of carbonyl (C=O) groups is 3. The molecule has 1 aliphatic rings. The monoisotopic (exact) mass is 481 g/mol. The van der Waals surface area contributed by atoms with Crippen molar-refractivity contribution in [1.29, 1.82) is 0 Å². The highest BCUT2D eigenvalue weighted by atomic mass is 19.1. The van der Waals surface area contributed by atoms with Crippen molar-refractivity contribution in [3.05, 3.63) is 77.9 Å². The number of furan rings is 2. The second kappa shape index (κ2) is 11.0. The Labute approximate surface area is 202 Å². The third-order valence-corrected chi connectivity index (χ3v) is 6.12. The van der Waals surface area contributed by atoms with Gasteiger partial charge in [0.25, 0.3) is 11.8 Å². The summed E-state index contributed by atoms with van der Waals surface area (Å²) in [6, 6.07) is 9.33. The van der Waals surface area contributed by atoms with Gasteiger partial charge in [-0.05, 0) is 61.7 Å². The van der Waals surface area contributed by atoms with Gasteiger partial charge < -0.3 is 19.5 Å². The van der Waals surface area contributed by atoms with Crippen LogP contribution in [0.4, 0.5) is 10.1 Å². The lowest BCUT2D eigenvalue weighted by Gasteiger charge is -2.32. The highest BCUT2D eigenvalue weighted by molar-refractivity contribution is 6.04. The number of halogens is 1. The smallest absolute Gasteiger partial charge is 0.287 e. The maximum Gasteiger partial charge on any atom is 0.287 e. The van der Waals surface area contributed by atoms with Gasteiger partial charge in [0.2, 0.25) is 5.91 Å². The van der Waals surface area contributed by atoms with E-state index in [-0.39, 0.29) is 23.2 Å². The van der Waals surface area contributed by atoms with E-state index < -0.39 is 36.1 Å². The maximum absolute atomic E-state index is 14.5. The fourth-order valence-electron chi connectivity index (χ4n) is 4.25. The number of nitrogens with zero attached hydrogens (tertiary/aromatic N) is 1. The second-order valence-corrected chi connectivity index (χ2v) is 8.62. The summed E-state index contributed by atoms with van der Waals surface area (Å²) in [5, 5.41) is 5.54. The van der Waals surface area contributed by atoms with Gasteiger partial charge in [-0.1, -0.05) is 25.3 Å². The van der Waals surface area contributed by atoms with Crippen LogP contribution in [-0.4, -0.2) is 30.3 Å². The van der Waals surface area contributed by atoms with Crippen LogP contribution in [0.2, 0.25) is 0 Å². The summed E-state index contributed by atoms with van der Waals surface area (Å²) in [5.74, 6) is -1.88. The molecule has 0 bridgehead atoms. The van der Waals surface area contributed by atoms with Crippen LogP contribution in [0.25, 0.3) is 0 Å². The van der Waals surface area contributed by atoms with Gasteiger partial charge in [0.15, 0.2) is 11.8 Å². The molecule has 2 heterocycles. The summed E-state index contributed by atoms with van der Waals surface area (Å²) < 4.78 is 25.1. The predicted octanol–water partition coefficient (Wildman–Crippen LogP) is 4.27. The molecule has 1 aromatic carbocycles. The summed E-state index contributed by atoms with van der Waals surface area (Å²) in [5.41, 5.74) is 0.569. The van der Waals surface area contributed by atoms with E-state index in [0.717, 1.165) is 32.1 Å². The van der Waals surface area contributed by atoms with E-state index in [2.05, 4.69) is 10.6 Å². The van der Waals surface area contributed by atoms with E-state index in [9.17, 15) is 18.8 Å². The number of rotatable bonds is 8. The molecule has 2 aromatic heterocycles. The first-order valence-electron chi connectivity index (χ1n) is 11.7. The van der Waals surface area contributed by atoms with Crippen molar-refractivity contribution in [2.45, 2.75) is 51.1 Å². The quantitative estimate of drug-likeness (QED) is 0.500. The maximum atomic E-state index is 14.5. The van der Waals surface area contributed by atoms with Gasteiger partial charge in [0.1, 0.15) is 11.6 Å². The standard InChI is InChI=1S/C26H28FN3O5/c1-17-11-12-19(15-20(17)27)30(23(31)16-28-25(32)22-10-6-14-35-22)24(21-9-5-13-34-21)26(33)29-18-7-3-2-4-8-18/h5-6,9-15,18,24H,2-4,7-8,16H2,1H3,(H,28,32)(H,29,33). The number of carbonyl (C=O) groups excluding carboxylic acids is 3. The zero-order chi connectivity index (χ0) is 24.8. The fourth-order valence-corrected chi connectivity index (χ4v) is 4.25. The summed E-state index contributed by atoms with van der Waals surface area (Å²) in [6.07, 6.45) is 7.61. The molecule has 3 aromatic rings. The van der Waals surface area contributed by atoms with E-state index >= 15 is 0 Å². The van der Waals surface area contributed by atoms with Crippen LogP contribution in [0.5, 0.6) is 0 Å². The number of hydrogen-bond acceptors (Lipinski definition) is 5. The number of anilines is 1. The Morgan fingerprint density at radius 1 is 1.06 bits per heavy atom. The third kappa shape index (κ3) is 5.79. The zero-order valence-corrected chi connectivity index (χ0v) is 19.5. The molecule has 0 saturated heterocycles. The zero-order valence-electron chi connectivity index (χ0n) is 19.5. The highest BCUT2D eigenvalue weighted by Crippen LogP contribution is 2.30.